The van der Waals surface area contributed by atoms with Gasteiger partial charge in [-0.3, -0.25) is 28.8 Å². The minimum atomic E-state index is -0.639. The second-order valence-electron chi connectivity index (χ2n) is 7.47. The van der Waals surface area contributed by atoms with Crippen LogP contribution in [0, 0.1) is 17.0 Å². The van der Waals surface area contributed by atoms with E-state index in [0.717, 1.165) is 15.7 Å². The number of anilines is 1. The Morgan fingerprint density at radius 1 is 1.03 bits per heavy atom. The number of carbonyl (C=O) groups is 1. The molecule has 4 rings (SSSR count). The zero-order valence-electron chi connectivity index (χ0n) is 17.6. The lowest BCUT2D eigenvalue weighted by atomic mass is 10.1. The van der Waals surface area contributed by atoms with Crippen molar-refractivity contribution in [2.45, 2.75) is 20.0 Å². The van der Waals surface area contributed by atoms with Gasteiger partial charge < -0.3 is 5.32 Å². The molecule has 166 valence electrons. The number of fused-ring (bicyclic) bond motifs is 1. The van der Waals surface area contributed by atoms with Crippen LogP contribution in [-0.2, 0) is 17.9 Å². The highest BCUT2D eigenvalue weighted by Gasteiger charge is 2.17. The van der Waals surface area contributed by atoms with Crippen LogP contribution < -0.4 is 16.6 Å². The number of non-ortho nitro benzene ring substituents is 1. The first-order valence-electron chi connectivity index (χ1n) is 10.0. The lowest BCUT2D eigenvalue weighted by Crippen LogP contribution is -2.42. The number of nitrogens with one attached hydrogen (secondary N) is 1. The molecule has 10 heteroatoms. The molecule has 4 aromatic rings. The Kier molecular flexibility index (Phi) is 5.81. The Morgan fingerprint density at radius 3 is 2.39 bits per heavy atom. The highest BCUT2D eigenvalue weighted by molar-refractivity contribution is 5.91. The fourth-order valence-electron chi connectivity index (χ4n) is 3.42. The number of pyridine rings is 1. The van der Waals surface area contributed by atoms with E-state index in [1.807, 2.05) is 31.2 Å². The van der Waals surface area contributed by atoms with E-state index in [9.17, 15) is 24.5 Å². The molecule has 33 heavy (non-hydrogen) atoms. The first-order chi connectivity index (χ1) is 15.8. The summed E-state index contributed by atoms with van der Waals surface area (Å²) in [7, 11) is 0. The molecule has 0 radical (unpaired) electrons. The van der Waals surface area contributed by atoms with E-state index in [1.165, 1.54) is 35.0 Å². The lowest BCUT2D eigenvalue weighted by molar-refractivity contribution is -0.384. The number of nitro benzene ring substituents is 1. The molecule has 2 aromatic heterocycles. The highest BCUT2D eigenvalue weighted by atomic mass is 16.6. The third kappa shape index (κ3) is 4.54. The number of benzene rings is 2. The second-order valence-corrected chi connectivity index (χ2v) is 7.47. The van der Waals surface area contributed by atoms with Gasteiger partial charge in [-0.25, -0.2) is 9.78 Å². The number of aromatic nitrogens is 3. The average molecular weight is 445 g/mol. The molecule has 10 nitrogen and oxygen atoms in total. The van der Waals surface area contributed by atoms with Crippen LogP contribution in [0.5, 0.6) is 0 Å². The van der Waals surface area contributed by atoms with E-state index in [4.69, 9.17) is 0 Å². The number of nitrogens with zero attached hydrogens (tertiary/aromatic N) is 4. The van der Waals surface area contributed by atoms with E-state index >= 15 is 0 Å². The van der Waals surface area contributed by atoms with Gasteiger partial charge in [0.25, 0.3) is 11.2 Å². The fraction of sp³-hybridized carbons (Fsp3) is 0.130. The third-order valence-corrected chi connectivity index (χ3v) is 5.11. The van der Waals surface area contributed by atoms with Crippen LogP contribution in [-0.4, -0.2) is 24.9 Å². The van der Waals surface area contributed by atoms with Crippen molar-refractivity contribution in [3.63, 3.8) is 0 Å². The molecule has 0 atom stereocenters. The summed E-state index contributed by atoms with van der Waals surface area (Å²) in [5.41, 5.74) is 1.18. The molecule has 2 heterocycles. The Balaban J connectivity index is 1.69. The van der Waals surface area contributed by atoms with Crippen LogP contribution in [0.2, 0.25) is 0 Å². The van der Waals surface area contributed by atoms with Crippen LogP contribution >= 0.6 is 0 Å². The predicted molar refractivity (Wildman–Crippen MR) is 122 cm³/mol. The van der Waals surface area contributed by atoms with E-state index in [-0.39, 0.29) is 29.8 Å². The third-order valence-electron chi connectivity index (χ3n) is 5.11. The van der Waals surface area contributed by atoms with Gasteiger partial charge >= 0.3 is 5.69 Å². The summed E-state index contributed by atoms with van der Waals surface area (Å²) in [6, 6.07) is 15.9. The molecule has 1 amide bonds. The molecule has 0 fully saturated rings. The molecule has 1 N–H and O–H groups in total. The van der Waals surface area contributed by atoms with Crippen molar-refractivity contribution in [1.82, 2.24) is 14.1 Å². The summed E-state index contributed by atoms with van der Waals surface area (Å²) >= 11 is 0. The van der Waals surface area contributed by atoms with Crippen LogP contribution in [0.25, 0.3) is 11.0 Å². The smallest absolute Gasteiger partial charge is 0.325 e. The minimum absolute atomic E-state index is 0.0361. The number of rotatable bonds is 6. The van der Waals surface area contributed by atoms with Crippen LogP contribution in [0.15, 0.2) is 76.4 Å². The number of amides is 1. The van der Waals surface area contributed by atoms with Crippen molar-refractivity contribution in [3.8, 4) is 0 Å². The van der Waals surface area contributed by atoms with Gasteiger partial charge in [-0.1, -0.05) is 29.8 Å². The number of aryl methyl sites for hydroxylation is 1. The molecule has 0 unspecified atom stereocenters. The van der Waals surface area contributed by atoms with Gasteiger partial charge in [0.2, 0.25) is 5.91 Å². The summed E-state index contributed by atoms with van der Waals surface area (Å²) < 4.78 is 2.25. The minimum Gasteiger partial charge on any atom is -0.325 e. The quantitative estimate of drug-likeness (QED) is 0.359. The maximum absolute atomic E-state index is 13.2. The van der Waals surface area contributed by atoms with Crippen molar-refractivity contribution in [1.29, 1.82) is 0 Å². The molecule has 0 aliphatic rings. The average Bonchev–Trinajstić information content (AvgIpc) is 2.81. The maximum atomic E-state index is 13.2. The van der Waals surface area contributed by atoms with Crippen molar-refractivity contribution >= 4 is 28.3 Å². The normalized spacial score (nSPS) is 10.8. The van der Waals surface area contributed by atoms with Gasteiger partial charge in [-0.05, 0) is 36.8 Å². The van der Waals surface area contributed by atoms with Gasteiger partial charge in [0, 0.05) is 24.0 Å². The molecule has 2 aromatic carbocycles. The van der Waals surface area contributed by atoms with Crippen LogP contribution in [0.3, 0.4) is 0 Å². The fourth-order valence-corrected chi connectivity index (χ4v) is 3.42. The monoisotopic (exact) mass is 445 g/mol. The zero-order chi connectivity index (χ0) is 23.5. The van der Waals surface area contributed by atoms with Gasteiger partial charge in [0.1, 0.15) is 6.54 Å². The maximum Gasteiger partial charge on any atom is 0.332 e. The Bertz CT molecular complexity index is 1470. The lowest BCUT2D eigenvalue weighted by Gasteiger charge is -2.14. The number of carbonyl (C=O) groups excluding carboxylic acids is 1. The zero-order valence-corrected chi connectivity index (χ0v) is 17.6. The number of hydrogen-bond donors (Lipinski definition) is 1. The molecule has 0 aliphatic carbocycles. The Hall–Kier alpha value is -4.60. The molecular weight excluding hydrogens is 426 g/mol. The Morgan fingerprint density at radius 2 is 1.73 bits per heavy atom. The molecule has 0 spiro atoms. The van der Waals surface area contributed by atoms with Gasteiger partial charge in [0.05, 0.1) is 17.0 Å². The van der Waals surface area contributed by atoms with E-state index < -0.39 is 22.1 Å². The predicted octanol–water partition coefficient (Wildman–Crippen LogP) is 2.46. The summed E-state index contributed by atoms with van der Waals surface area (Å²) in [6.07, 6.45) is 1.45. The molecular formula is C23H19N5O5. The van der Waals surface area contributed by atoms with Gasteiger partial charge in [-0.2, -0.15) is 0 Å². The van der Waals surface area contributed by atoms with Crippen LogP contribution in [0.1, 0.15) is 11.1 Å². The largest absolute Gasteiger partial charge is 0.332 e. The van der Waals surface area contributed by atoms with Crippen molar-refractivity contribution in [3.05, 3.63) is 109 Å². The van der Waals surface area contributed by atoms with E-state index in [2.05, 4.69) is 10.3 Å². The second kappa shape index (κ2) is 8.87. The first-order valence-corrected chi connectivity index (χ1v) is 10.0. The Labute approximate surface area is 186 Å². The van der Waals surface area contributed by atoms with Crippen LogP contribution in [0.4, 0.5) is 11.4 Å². The summed E-state index contributed by atoms with van der Waals surface area (Å²) in [5.74, 6) is -0.531. The van der Waals surface area contributed by atoms with E-state index in [1.54, 1.807) is 12.1 Å². The summed E-state index contributed by atoms with van der Waals surface area (Å²) in [6.45, 7) is 1.60. The first kappa shape index (κ1) is 21.6. The number of nitro groups is 1. The van der Waals surface area contributed by atoms with E-state index in [0.29, 0.717) is 5.69 Å². The van der Waals surface area contributed by atoms with Crippen molar-refractivity contribution in [2.75, 3.05) is 5.32 Å². The standard InChI is InChI=1S/C23H19N5O5/c1-15-4-6-16(7-5-15)13-27-22(30)21-19(3-2-12-24-21)26(23(27)31)14-20(29)25-17-8-10-18(11-9-17)28(32)33/h2-12H,13-14H2,1H3,(H,25,29). The molecule has 0 saturated heterocycles. The molecule has 0 saturated carbocycles. The van der Waals surface area contributed by atoms with Gasteiger partial charge in [0.15, 0.2) is 5.52 Å². The van der Waals surface area contributed by atoms with Crippen molar-refractivity contribution in [2.24, 2.45) is 0 Å². The number of hydrogen-bond acceptors (Lipinski definition) is 6. The molecule has 0 bridgehead atoms. The molecule has 0 aliphatic heterocycles. The SMILES string of the molecule is Cc1ccc(Cn2c(=O)c3ncccc3n(CC(=O)Nc3ccc([N+](=O)[O-])cc3)c2=O)cc1. The van der Waals surface area contributed by atoms with Crippen molar-refractivity contribution < 1.29 is 9.72 Å². The highest BCUT2D eigenvalue weighted by Crippen LogP contribution is 2.15. The summed E-state index contributed by atoms with van der Waals surface area (Å²) in [5, 5.41) is 13.4. The van der Waals surface area contributed by atoms with Gasteiger partial charge in [-0.15, -0.1) is 0 Å². The topological polar surface area (TPSA) is 129 Å². The summed E-state index contributed by atoms with van der Waals surface area (Å²) in [4.78, 5) is 53.2.